The zero-order valence-corrected chi connectivity index (χ0v) is 45.4. The number of Topliss-reactive ketones (excluding diaryl/α,β-unsaturated/α-hetero) is 8. The molecule has 0 heterocycles. The van der Waals surface area contributed by atoms with E-state index in [0.717, 1.165) is 28.7 Å². The van der Waals surface area contributed by atoms with E-state index in [1.54, 1.807) is 115 Å². The van der Waals surface area contributed by atoms with Gasteiger partial charge in [0.25, 0.3) is 0 Å². The number of ether oxygens (including phenoxy) is 5. The molecule has 7 aromatic rings. The van der Waals surface area contributed by atoms with Gasteiger partial charge in [0.2, 0.25) is 0 Å². The van der Waals surface area contributed by atoms with E-state index in [1.165, 1.54) is 77.8 Å². The maximum Gasteiger partial charge on any atom is 0.160 e. The quantitative estimate of drug-likeness (QED) is 0.0939. The van der Waals surface area contributed by atoms with Crippen molar-refractivity contribution in [3.8, 4) is 39.9 Å². The average molecular weight is 1030 g/mol. The Hall–Kier alpha value is -9.10. The van der Waals surface area contributed by atoms with Crippen molar-refractivity contribution >= 4 is 46.3 Å². The molecule has 13 nitrogen and oxygen atoms in total. The average Bonchev–Trinajstić information content (AvgIpc) is 3.43. The van der Waals surface area contributed by atoms with E-state index in [1.807, 2.05) is 72.8 Å². The molecule has 13 heteroatoms. The molecular formula is C63H66O13. The lowest BCUT2D eigenvalue weighted by Crippen LogP contribution is -2.03. The van der Waals surface area contributed by atoms with Crippen molar-refractivity contribution in [2.24, 2.45) is 0 Å². The first-order chi connectivity index (χ1) is 36.1. The van der Waals surface area contributed by atoms with E-state index in [9.17, 15) is 38.4 Å². The molecule has 0 aliphatic heterocycles. The summed E-state index contributed by atoms with van der Waals surface area (Å²) in [6.45, 7) is 11.7. The molecule has 396 valence electrons. The van der Waals surface area contributed by atoms with Crippen molar-refractivity contribution in [3.05, 3.63) is 208 Å². The number of para-hydroxylation sites is 2. The predicted octanol–water partition coefficient (Wildman–Crippen LogP) is 13.5. The third-order valence-electron chi connectivity index (χ3n) is 10.8. The van der Waals surface area contributed by atoms with Crippen LogP contribution < -0.4 is 23.7 Å². The number of carbonyl (C=O) groups excluding carboxylic acids is 8. The van der Waals surface area contributed by atoms with Gasteiger partial charge >= 0.3 is 0 Å². The first-order valence-electron chi connectivity index (χ1n) is 23.6. The molecule has 7 rings (SSSR count). The largest absolute Gasteiger partial charge is 0.497 e. The molecular weight excluding hydrogens is 965 g/mol. The van der Waals surface area contributed by atoms with Crippen molar-refractivity contribution < 1.29 is 62.0 Å². The number of hydrogen-bond acceptors (Lipinski definition) is 13. The van der Waals surface area contributed by atoms with Gasteiger partial charge in [0.15, 0.2) is 57.8 Å². The van der Waals surface area contributed by atoms with Gasteiger partial charge in [-0.2, -0.15) is 0 Å². The summed E-state index contributed by atoms with van der Waals surface area (Å²) in [7, 11) is 8.18. The third-order valence-corrected chi connectivity index (χ3v) is 10.8. The molecule has 0 aromatic heterocycles. The zero-order chi connectivity index (χ0) is 56.9. The molecule has 0 aliphatic carbocycles. The summed E-state index contributed by atoms with van der Waals surface area (Å²) in [4.78, 5) is 87.8. The number of methoxy groups -OCH3 is 5. The predicted molar refractivity (Wildman–Crippen MR) is 297 cm³/mol. The Labute approximate surface area is 445 Å². The van der Waals surface area contributed by atoms with Crippen LogP contribution in [-0.2, 0) is 0 Å². The first kappa shape index (κ1) is 63.0. The Morgan fingerprint density at radius 2 is 0.461 bits per heavy atom. The SMILES string of the molecule is CC(=O)c1cc(C(C)=O)cc(C(C)=O)c1.CC(=O)c1ccc(C(C)=O)cc1.CC(=O)c1cccc(C(C)=O)c1.COc1ccc(-c2ccc(OC)cc2)cc1.COc1ccc(C(C)=O)cc1.COc1ccccc1OC. The van der Waals surface area contributed by atoms with E-state index in [4.69, 9.17) is 23.7 Å². The highest BCUT2D eigenvalue weighted by atomic mass is 16.5. The maximum atomic E-state index is 11.2. The summed E-state index contributed by atoms with van der Waals surface area (Å²) >= 11 is 0. The molecule has 76 heavy (non-hydrogen) atoms. The van der Waals surface area contributed by atoms with Crippen molar-refractivity contribution in [1.29, 1.82) is 0 Å². The minimum absolute atomic E-state index is 0.0156. The van der Waals surface area contributed by atoms with Crippen LogP contribution in [0, 0.1) is 0 Å². The second-order valence-electron chi connectivity index (χ2n) is 16.4. The summed E-state index contributed by atoms with van der Waals surface area (Å²) in [6.07, 6.45) is 0. The highest BCUT2D eigenvalue weighted by Gasteiger charge is 2.10. The van der Waals surface area contributed by atoms with Gasteiger partial charge in [-0.1, -0.05) is 78.9 Å². The third kappa shape index (κ3) is 21.9. The van der Waals surface area contributed by atoms with Crippen molar-refractivity contribution in [1.82, 2.24) is 0 Å². The smallest absolute Gasteiger partial charge is 0.160 e. The Kier molecular flexibility index (Phi) is 27.3. The molecule has 0 fully saturated rings. The van der Waals surface area contributed by atoms with Crippen LogP contribution in [-0.4, -0.2) is 81.8 Å². The second kappa shape index (κ2) is 32.9. The summed E-state index contributed by atoms with van der Waals surface area (Å²) in [5.41, 5.74) is 6.69. The molecule has 7 aromatic carbocycles. The van der Waals surface area contributed by atoms with Gasteiger partial charge in [0.05, 0.1) is 35.5 Å². The number of ketones is 8. The monoisotopic (exact) mass is 1030 g/mol. The molecule has 0 saturated carbocycles. The van der Waals surface area contributed by atoms with Gasteiger partial charge in [0.1, 0.15) is 17.2 Å². The topological polar surface area (TPSA) is 183 Å². The number of hydrogen-bond donors (Lipinski definition) is 0. The summed E-state index contributed by atoms with van der Waals surface area (Å²) in [5.74, 6) is 3.68. The van der Waals surface area contributed by atoms with Crippen LogP contribution >= 0.6 is 0 Å². The van der Waals surface area contributed by atoms with Crippen LogP contribution in [0.2, 0.25) is 0 Å². The normalized spacial score (nSPS) is 9.54. The van der Waals surface area contributed by atoms with E-state index < -0.39 is 0 Å². The Balaban J connectivity index is 0.000000314. The first-order valence-corrected chi connectivity index (χ1v) is 23.6. The molecule has 0 amide bonds. The Bertz CT molecular complexity index is 2830. The molecule has 0 radical (unpaired) electrons. The van der Waals surface area contributed by atoms with Crippen molar-refractivity contribution in [3.63, 3.8) is 0 Å². The molecule has 0 saturated heterocycles. The van der Waals surface area contributed by atoms with Crippen molar-refractivity contribution in [2.45, 2.75) is 55.4 Å². The lowest BCUT2D eigenvalue weighted by molar-refractivity contribution is 0.0994. The van der Waals surface area contributed by atoms with E-state index in [2.05, 4.69) is 0 Å². The summed E-state index contributed by atoms with van der Waals surface area (Å²) in [5, 5.41) is 0. The fraction of sp³-hybridized carbons (Fsp3) is 0.206. The lowest BCUT2D eigenvalue weighted by atomic mass is 10.00. The standard InChI is InChI=1S/C14H14O2.C12H12O3.2C10H10O2.C9H10O2.C8H10O2/c1-15-13-7-3-11(4-8-13)12-5-9-14(16-2)10-6-12;1-7(13)10-4-11(8(2)14)6-12(5-10)9(3)15;1-7(11)9-3-5-10(6-4-9)8(2)12;1-7(11)9-4-3-5-10(6-9)8(2)12;1-7(10)8-3-5-9(11-2)6-4-8;1-9-7-5-3-4-6-8(7)10-2/h3-10H,1-2H3;4-6H,1-3H3;2*3-6H,1-2H3;3-6H,1-2H3;3-6H,1-2H3. The molecule has 0 atom stereocenters. The van der Waals surface area contributed by atoms with Gasteiger partial charge < -0.3 is 23.7 Å². The summed E-state index contributed by atoms with van der Waals surface area (Å²) in [6, 6.07) is 48.5. The molecule has 0 N–H and O–H groups in total. The molecule has 0 bridgehead atoms. The summed E-state index contributed by atoms with van der Waals surface area (Å²) < 4.78 is 25.2. The van der Waals surface area contributed by atoms with E-state index >= 15 is 0 Å². The fourth-order valence-corrected chi connectivity index (χ4v) is 6.31. The van der Waals surface area contributed by atoms with Gasteiger partial charge in [-0.05, 0) is 151 Å². The Morgan fingerprint density at radius 1 is 0.237 bits per heavy atom. The van der Waals surface area contributed by atoms with Crippen molar-refractivity contribution in [2.75, 3.05) is 35.5 Å². The van der Waals surface area contributed by atoms with Gasteiger partial charge in [-0.15, -0.1) is 0 Å². The van der Waals surface area contributed by atoms with Gasteiger partial charge in [0, 0.05) is 44.5 Å². The maximum absolute atomic E-state index is 11.2. The van der Waals surface area contributed by atoms with E-state index in [0.29, 0.717) is 44.5 Å². The minimum atomic E-state index is -0.152. The van der Waals surface area contributed by atoms with Crippen LogP contribution in [0.25, 0.3) is 11.1 Å². The van der Waals surface area contributed by atoms with Crippen LogP contribution in [0.4, 0.5) is 0 Å². The number of carbonyl (C=O) groups is 8. The van der Waals surface area contributed by atoms with Crippen LogP contribution in [0.5, 0.6) is 28.7 Å². The minimum Gasteiger partial charge on any atom is -0.497 e. The Morgan fingerprint density at radius 3 is 0.684 bits per heavy atom. The highest BCUT2D eigenvalue weighted by molar-refractivity contribution is 6.04. The van der Waals surface area contributed by atoms with Crippen LogP contribution in [0.1, 0.15) is 138 Å². The number of benzene rings is 7. The molecule has 0 spiro atoms. The zero-order valence-electron chi connectivity index (χ0n) is 45.4. The second-order valence-corrected chi connectivity index (χ2v) is 16.4. The fourth-order valence-electron chi connectivity index (χ4n) is 6.31. The van der Waals surface area contributed by atoms with Gasteiger partial charge in [-0.25, -0.2) is 0 Å². The van der Waals surface area contributed by atoms with E-state index in [-0.39, 0.29) is 46.3 Å². The van der Waals surface area contributed by atoms with Gasteiger partial charge in [-0.3, -0.25) is 38.4 Å². The van der Waals surface area contributed by atoms with Crippen LogP contribution in [0.15, 0.2) is 164 Å². The number of rotatable bonds is 14. The van der Waals surface area contributed by atoms with Crippen LogP contribution in [0.3, 0.4) is 0 Å². The highest BCUT2D eigenvalue weighted by Crippen LogP contribution is 2.26. The lowest BCUT2D eigenvalue weighted by Gasteiger charge is -2.05. The molecule has 0 aliphatic rings. The molecule has 0 unspecified atom stereocenters.